The number of methoxy groups -OCH3 is 2. The van der Waals surface area contributed by atoms with Crippen LogP contribution in [0.3, 0.4) is 0 Å². The first-order chi connectivity index (χ1) is 16.5. The Kier molecular flexibility index (Phi) is 7.49. The molecule has 2 aliphatic rings. The SMILES string of the molecule is COc1ccc(OC)c([C@@H]2/C(=C(\O)c3ccccc3)C(=O)C(=O)N2CCCN2CCOCC2)c1. The van der Waals surface area contributed by atoms with Gasteiger partial charge in [-0.2, -0.15) is 0 Å². The van der Waals surface area contributed by atoms with Gasteiger partial charge < -0.3 is 24.2 Å². The number of amides is 1. The predicted molar refractivity (Wildman–Crippen MR) is 127 cm³/mol. The molecular weight excluding hydrogens is 436 g/mol. The fourth-order valence-electron chi connectivity index (χ4n) is 4.53. The van der Waals surface area contributed by atoms with Crippen molar-refractivity contribution in [2.75, 3.05) is 53.6 Å². The second kappa shape index (κ2) is 10.7. The van der Waals surface area contributed by atoms with Crippen LogP contribution >= 0.6 is 0 Å². The van der Waals surface area contributed by atoms with Gasteiger partial charge in [-0.05, 0) is 24.6 Å². The van der Waals surface area contributed by atoms with Crippen LogP contribution in [-0.4, -0.2) is 80.2 Å². The second-order valence-corrected chi connectivity index (χ2v) is 8.27. The van der Waals surface area contributed by atoms with Crippen LogP contribution in [0.15, 0.2) is 54.1 Å². The molecule has 0 unspecified atom stereocenters. The van der Waals surface area contributed by atoms with Crippen molar-refractivity contribution in [2.45, 2.75) is 12.5 Å². The number of likely N-dealkylation sites (tertiary alicyclic amines) is 1. The van der Waals surface area contributed by atoms with Gasteiger partial charge in [-0.25, -0.2) is 0 Å². The Morgan fingerprint density at radius 3 is 2.44 bits per heavy atom. The molecule has 1 atom stereocenters. The molecule has 34 heavy (non-hydrogen) atoms. The maximum absolute atomic E-state index is 13.2. The van der Waals surface area contributed by atoms with Crippen LogP contribution < -0.4 is 9.47 Å². The third kappa shape index (κ3) is 4.78. The summed E-state index contributed by atoms with van der Waals surface area (Å²) < 4.78 is 16.4. The highest BCUT2D eigenvalue weighted by Gasteiger charge is 2.47. The van der Waals surface area contributed by atoms with Gasteiger partial charge in [0.1, 0.15) is 17.3 Å². The third-order valence-electron chi connectivity index (χ3n) is 6.30. The van der Waals surface area contributed by atoms with Gasteiger partial charge in [0.25, 0.3) is 11.7 Å². The molecule has 2 aromatic rings. The number of aliphatic hydroxyl groups is 1. The number of carbonyl (C=O) groups is 2. The van der Waals surface area contributed by atoms with Crippen LogP contribution in [0.5, 0.6) is 11.5 Å². The van der Waals surface area contributed by atoms with Crippen molar-refractivity contribution in [1.29, 1.82) is 0 Å². The molecule has 0 bridgehead atoms. The Labute approximate surface area is 199 Å². The Balaban J connectivity index is 1.74. The number of nitrogens with zero attached hydrogens (tertiary/aromatic N) is 2. The number of hydrogen-bond donors (Lipinski definition) is 1. The first-order valence-corrected chi connectivity index (χ1v) is 11.4. The molecule has 1 N–H and O–H groups in total. The number of carbonyl (C=O) groups excluding carboxylic acids is 2. The Bertz CT molecular complexity index is 1060. The number of ether oxygens (including phenoxy) is 3. The topological polar surface area (TPSA) is 88.5 Å². The highest BCUT2D eigenvalue weighted by atomic mass is 16.5. The summed E-state index contributed by atoms with van der Waals surface area (Å²) in [5.74, 6) is -0.472. The number of hydrogen-bond acceptors (Lipinski definition) is 7. The van der Waals surface area contributed by atoms with Gasteiger partial charge in [-0.15, -0.1) is 0 Å². The molecule has 8 nitrogen and oxygen atoms in total. The summed E-state index contributed by atoms with van der Waals surface area (Å²) in [5, 5.41) is 11.2. The van der Waals surface area contributed by atoms with Crippen LogP contribution in [0.1, 0.15) is 23.6 Å². The van der Waals surface area contributed by atoms with Crippen LogP contribution in [0.2, 0.25) is 0 Å². The fourth-order valence-corrected chi connectivity index (χ4v) is 4.53. The minimum atomic E-state index is -0.796. The summed E-state index contributed by atoms with van der Waals surface area (Å²) in [6.07, 6.45) is 0.682. The van der Waals surface area contributed by atoms with Crippen molar-refractivity contribution in [3.63, 3.8) is 0 Å². The van der Waals surface area contributed by atoms with E-state index in [4.69, 9.17) is 14.2 Å². The molecular formula is C26H30N2O6. The molecule has 2 heterocycles. The molecule has 1 amide bonds. The van der Waals surface area contributed by atoms with Crippen molar-refractivity contribution >= 4 is 17.4 Å². The molecule has 2 fully saturated rings. The van der Waals surface area contributed by atoms with Crippen molar-refractivity contribution in [3.8, 4) is 11.5 Å². The summed E-state index contributed by atoms with van der Waals surface area (Å²) in [6.45, 7) is 4.23. The maximum Gasteiger partial charge on any atom is 0.295 e. The van der Waals surface area contributed by atoms with Crippen LogP contribution in [0.25, 0.3) is 5.76 Å². The van der Waals surface area contributed by atoms with Crippen LogP contribution in [0, 0.1) is 0 Å². The molecule has 0 aliphatic carbocycles. The standard InChI is InChI=1S/C26H30N2O6/c1-32-19-9-10-21(33-2)20(17-19)23-22(24(29)18-7-4-3-5-8-18)25(30)26(31)28(23)12-6-11-27-13-15-34-16-14-27/h3-5,7-10,17,23,29H,6,11-16H2,1-2H3/b24-22+/t23-/m1/s1. The molecule has 2 aromatic carbocycles. The number of morpholine rings is 1. The molecule has 4 rings (SSSR count). The first-order valence-electron chi connectivity index (χ1n) is 11.4. The van der Waals surface area contributed by atoms with Gasteiger partial charge >= 0.3 is 0 Å². The summed E-state index contributed by atoms with van der Waals surface area (Å²) >= 11 is 0. The largest absolute Gasteiger partial charge is 0.507 e. The molecule has 0 aromatic heterocycles. The zero-order chi connectivity index (χ0) is 24.1. The monoisotopic (exact) mass is 466 g/mol. The van der Waals surface area contributed by atoms with Crippen molar-refractivity contribution in [1.82, 2.24) is 9.80 Å². The van der Waals surface area contributed by atoms with Crippen molar-refractivity contribution in [2.24, 2.45) is 0 Å². The zero-order valence-electron chi connectivity index (χ0n) is 19.5. The van der Waals surface area contributed by atoms with E-state index in [1.165, 1.54) is 12.0 Å². The minimum Gasteiger partial charge on any atom is -0.507 e. The Morgan fingerprint density at radius 2 is 1.76 bits per heavy atom. The van der Waals surface area contributed by atoms with E-state index in [0.717, 1.165) is 19.6 Å². The van der Waals surface area contributed by atoms with E-state index in [1.54, 1.807) is 49.6 Å². The minimum absolute atomic E-state index is 0.0501. The molecule has 8 heteroatoms. The lowest BCUT2D eigenvalue weighted by Crippen LogP contribution is -2.39. The van der Waals surface area contributed by atoms with Gasteiger partial charge in [0.2, 0.25) is 0 Å². The quantitative estimate of drug-likeness (QED) is 0.364. The van der Waals surface area contributed by atoms with Gasteiger partial charge in [-0.3, -0.25) is 14.5 Å². The van der Waals surface area contributed by atoms with E-state index in [9.17, 15) is 14.7 Å². The highest BCUT2D eigenvalue weighted by Crippen LogP contribution is 2.43. The first kappa shape index (κ1) is 23.8. The normalized spacial score (nSPS) is 20.5. The fraction of sp³-hybridized carbons (Fsp3) is 0.385. The summed E-state index contributed by atoms with van der Waals surface area (Å²) in [7, 11) is 3.09. The number of ketones is 1. The number of rotatable bonds is 8. The molecule has 2 saturated heterocycles. The van der Waals surface area contributed by atoms with Gasteiger partial charge in [-0.1, -0.05) is 30.3 Å². The Hall–Kier alpha value is -3.36. The van der Waals surface area contributed by atoms with Crippen LogP contribution in [-0.2, 0) is 14.3 Å². The lowest BCUT2D eigenvalue weighted by atomic mass is 9.94. The average molecular weight is 467 g/mol. The van der Waals surface area contributed by atoms with Gasteiger partial charge in [0.15, 0.2) is 0 Å². The average Bonchev–Trinajstić information content (AvgIpc) is 3.14. The molecule has 0 radical (unpaired) electrons. The number of benzene rings is 2. The molecule has 180 valence electrons. The van der Waals surface area contributed by atoms with Gasteiger partial charge in [0, 0.05) is 37.3 Å². The van der Waals surface area contributed by atoms with Crippen LogP contribution in [0.4, 0.5) is 0 Å². The summed E-state index contributed by atoms with van der Waals surface area (Å²) in [5.41, 5.74) is 1.11. The second-order valence-electron chi connectivity index (χ2n) is 8.27. The van der Waals surface area contributed by atoms with E-state index in [2.05, 4.69) is 4.90 Å². The van der Waals surface area contributed by atoms with E-state index >= 15 is 0 Å². The number of Topliss-reactive ketones (excluding diaryl/α,β-unsaturated/α-hetero) is 1. The molecule has 2 aliphatic heterocycles. The van der Waals surface area contributed by atoms with E-state index in [-0.39, 0.29) is 11.3 Å². The van der Waals surface area contributed by atoms with E-state index < -0.39 is 17.7 Å². The van der Waals surface area contributed by atoms with E-state index in [0.29, 0.717) is 48.8 Å². The lowest BCUT2D eigenvalue weighted by Gasteiger charge is -2.29. The van der Waals surface area contributed by atoms with Crippen molar-refractivity contribution < 1.29 is 28.9 Å². The molecule has 0 spiro atoms. The van der Waals surface area contributed by atoms with Gasteiger partial charge in [0.05, 0.1) is 39.0 Å². The highest BCUT2D eigenvalue weighted by molar-refractivity contribution is 6.46. The summed E-state index contributed by atoms with van der Waals surface area (Å²) in [6, 6.07) is 13.2. The van der Waals surface area contributed by atoms with E-state index in [1.807, 2.05) is 6.07 Å². The summed E-state index contributed by atoms with van der Waals surface area (Å²) in [4.78, 5) is 30.2. The third-order valence-corrected chi connectivity index (χ3v) is 6.30. The number of aliphatic hydroxyl groups excluding tert-OH is 1. The smallest absolute Gasteiger partial charge is 0.295 e. The lowest BCUT2D eigenvalue weighted by molar-refractivity contribution is -0.140. The maximum atomic E-state index is 13.2. The predicted octanol–water partition coefficient (Wildman–Crippen LogP) is 2.85. The molecule has 0 saturated carbocycles. The Morgan fingerprint density at radius 1 is 1.03 bits per heavy atom. The zero-order valence-corrected chi connectivity index (χ0v) is 19.5. The van der Waals surface area contributed by atoms with Crippen molar-refractivity contribution in [3.05, 3.63) is 65.2 Å².